The zero-order valence-electron chi connectivity index (χ0n) is 56.6. The quantitative estimate of drug-likeness (QED) is 0.0960. The van der Waals surface area contributed by atoms with E-state index in [2.05, 4.69) is 166 Å². The Bertz CT molecular complexity index is 1250. The van der Waals surface area contributed by atoms with Crippen LogP contribution < -0.4 is 0 Å². The van der Waals surface area contributed by atoms with Crippen molar-refractivity contribution < 1.29 is 28.4 Å². The van der Waals surface area contributed by atoms with Crippen molar-refractivity contribution in [3.8, 4) is 0 Å². The topological polar surface area (TPSA) is 55.4 Å². The minimum atomic E-state index is 0.398. The van der Waals surface area contributed by atoms with Crippen molar-refractivity contribution in [1.29, 1.82) is 0 Å². The van der Waals surface area contributed by atoms with Crippen molar-refractivity contribution in [3.63, 3.8) is 0 Å². The van der Waals surface area contributed by atoms with E-state index in [1.165, 1.54) is 122 Å². The van der Waals surface area contributed by atoms with Gasteiger partial charge in [-0.1, -0.05) is 111 Å². The molecule has 0 unspecified atom stereocenters. The first-order valence-corrected chi connectivity index (χ1v) is 33.7. The number of ether oxygens (including phenoxy) is 6. The Morgan fingerprint density at radius 1 is 0.325 bits per heavy atom. The molecule has 6 aliphatic carbocycles. The number of hydrogen-bond donors (Lipinski definition) is 0. The highest BCUT2D eigenvalue weighted by Crippen LogP contribution is 2.51. The Morgan fingerprint density at radius 3 is 1.01 bits per heavy atom. The summed E-state index contributed by atoms with van der Waals surface area (Å²) in [6, 6.07) is 0. The molecule has 6 heteroatoms. The zero-order valence-corrected chi connectivity index (χ0v) is 56.6. The van der Waals surface area contributed by atoms with Crippen molar-refractivity contribution in [1.82, 2.24) is 0 Å². The molecule has 0 bridgehead atoms. The van der Waals surface area contributed by atoms with E-state index in [4.69, 9.17) is 28.4 Å². The van der Waals surface area contributed by atoms with Crippen molar-refractivity contribution in [3.05, 3.63) is 0 Å². The smallest absolute Gasteiger partial charge is 0.0580 e. The van der Waals surface area contributed by atoms with Crippen molar-refractivity contribution >= 4 is 0 Å². The molecule has 0 radical (unpaired) electrons. The first-order valence-electron chi connectivity index (χ1n) is 33.7. The molecule has 462 valence electrons. The highest BCUT2D eigenvalue weighted by Gasteiger charge is 2.43. The lowest BCUT2D eigenvalue weighted by atomic mass is 9.70. The van der Waals surface area contributed by atoms with Crippen molar-refractivity contribution in [2.24, 2.45) is 94.2 Å². The van der Waals surface area contributed by atoms with E-state index >= 15 is 0 Å². The molecule has 0 atom stereocenters. The third-order valence-corrected chi connectivity index (χ3v) is 18.1. The molecule has 0 aliphatic heterocycles. The molecule has 0 amide bonds. The predicted octanol–water partition coefficient (Wildman–Crippen LogP) is 20.8. The highest BCUT2D eigenvalue weighted by atomic mass is 16.5. The molecule has 6 rings (SSSR count). The van der Waals surface area contributed by atoms with Gasteiger partial charge in [0, 0.05) is 26.4 Å². The van der Waals surface area contributed by atoms with Crippen LogP contribution in [0.15, 0.2) is 0 Å². The Kier molecular flexibility index (Phi) is 39.7. The third-order valence-electron chi connectivity index (χ3n) is 18.1. The van der Waals surface area contributed by atoms with Crippen LogP contribution in [0.5, 0.6) is 0 Å². The molecule has 0 aromatic heterocycles. The second kappa shape index (κ2) is 40.9. The summed E-state index contributed by atoms with van der Waals surface area (Å²) in [6.45, 7) is 58.6. The monoisotopic (exact) mass is 1090 g/mol. The van der Waals surface area contributed by atoms with Gasteiger partial charge in [0.1, 0.15) is 0 Å². The van der Waals surface area contributed by atoms with E-state index in [-0.39, 0.29) is 0 Å². The fourth-order valence-corrected chi connectivity index (χ4v) is 12.1. The summed E-state index contributed by atoms with van der Waals surface area (Å²) in [5.74, 6) is 13.0. The fraction of sp³-hybridized carbons (Fsp3) is 1.00. The van der Waals surface area contributed by atoms with E-state index in [9.17, 15) is 0 Å². The predicted molar refractivity (Wildman–Crippen MR) is 336 cm³/mol. The van der Waals surface area contributed by atoms with Crippen LogP contribution >= 0.6 is 0 Å². The first-order chi connectivity index (χ1) is 36.0. The van der Waals surface area contributed by atoms with Gasteiger partial charge in [0.25, 0.3) is 0 Å². The average molecular weight is 1090 g/mol. The fourth-order valence-electron chi connectivity index (χ4n) is 12.1. The van der Waals surface area contributed by atoms with Crippen LogP contribution in [-0.2, 0) is 28.4 Å². The third kappa shape index (κ3) is 36.9. The zero-order chi connectivity index (χ0) is 58.4. The minimum Gasteiger partial charge on any atom is -0.379 e. The number of hydrogen-bond acceptors (Lipinski definition) is 6. The molecule has 6 nitrogen and oxygen atoms in total. The van der Waals surface area contributed by atoms with Gasteiger partial charge in [-0.3, -0.25) is 0 Å². The standard InChI is InChI=1S/2C13H26O.C12H24O.3C11H22O/c1-10(2)13-7-5-12(6-8-13)9-14-11(3)4;1-10(2)9-14-13-7-5-12(6-8-13)11(3)4;1-9(2)11-5-7-12(8-6-11)13-10(3)4;1-8(2)11-5-10(6-11)7-12-9(3)4;1-8(2)7-12-11-5-10(6-11)9(3)4;1-9(2)7-11(5-6-11)8-12-10(3)4/h2*10-13H,5-9H2,1-4H3;9-12H,5-8H2,1-4H3;2*8-11H,5-7H2,1-4H3;9-10H,5-8H2,1-4H3. The first kappa shape index (κ1) is 74.8. The van der Waals surface area contributed by atoms with Crippen LogP contribution in [0.4, 0.5) is 0 Å². The summed E-state index contributed by atoms with van der Waals surface area (Å²) in [4.78, 5) is 0. The summed E-state index contributed by atoms with van der Waals surface area (Å²) in [5, 5.41) is 0. The Hall–Kier alpha value is -0.240. The summed E-state index contributed by atoms with van der Waals surface area (Å²) in [5.41, 5.74) is 0.582. The van der Waals surface area contributed by atoms with Gasteiger partial charge in [-0.2, -0.15) is 0 Å². The lowest BCUT2D eigenvalue weighted by molar-refractivity contribution is -0.0522. The van der Waals surface area contributed by atoms with Gasteiger partial charge in [-0.15, -0.1) is 0 Å². The molecule has 0 N–H and O–H groups in total. The van der Waals surface area contributed by atoms with Crippen LogP contribution in [0.1, 0.15) is 288 Å². The van der Waals surface area contributed by atoms with E-state index < -0.39 is 0 Å². The molecular weight excluding hydrogens is 949 g/mol. The van der Waals surface area contributed by atoms with E-state index in [0.29, 0.717) is 60.0 Å². The molecule has 0 heterocycles. The van der Waals surface area contributed by atoms with Gasteiger partial charge in [0.2, 0.25) is 0 Å². The number of rotatable bonds is 24. The van der Waals surface area contributed by atoms with Crippen LogP contribution in [0, 0.1) is 94.2 Å². The molecule has 6 aliphatic rings. The van der Waals surface area contributed by atoms with Crippen LogP contribution in [0.25, 0.3) is 0 Å². The second-order valence-corrected chi connectivity index (χ2v) is 30.4. The van der Waals surface area contributed by atoms with Crippen molar-refractivity contribution in [2.75, 3.05) is 33.0 Å². The summed E-state index contributed by atoms with van der Waals surface area (Å²) in [6.07, 6.45) is 29.0. The Balaban J connectivity index is 0.000000463. The van der Waals surface area contributed by atoms with Gasteiger partial charge in [-0.25, -0.2) is 0 Å². The maximum Gasteiger partial charge on any atom is 0.0580 e. The van der Waals surface area contributed by atoms with Gasteiger partial charge in [-0.05, 0) is 272 Å². The molecule has 77 heavy (non-hydrogen) atoms. The molecule has 0 saturated heterocycles. The molecule has 6 saturated carbocycles. The van der Waals surface area contributed by atoms with Gasteiger partial charge in [0.15, 0.2) is 0 Å². The SMILES string of the molecule is CC(C)CC1(COC(C)C)CC1.CC(C)COC1CC(C(C)C)C1.CC(C)COC1CCC(C(C)C)CC1.CC(C)OC1CCC(C(C)C)CC1.CC(C)OCC1CC(C(C)C)C1.CC(C)OCC1CCC(C(C)C)CC1. The average Bonchev–Trinajstić information content (AvgIpc) is 4.08. The lowest BCUT2D eigenvalue weighted by Crippen LogP contribution is -2.35. The molecular formula is C71H142O6. The van der Waals surface area contributed by atoms with Crippen LogP contribution in [-0.4, -0.2) is 75.8 Å². The van der Waals surface area contributed by atoms with E-state index in [1.54, 1.807) is 0 Å². The minimum absolute atomic E-state index is 0.398. The normalized spacial score (nSPS) is 27.9. The second-order valence-electron chi connectivity index (χ2n) is 30.4. The largest absolute Gasteiger partial charge is 0.379 e. The summed E-state index contributed by atoms with van der Waals surface area (Å²) >= 11 is 0. The Morgan fingerprint density at radius 2 is 0.675 bits per heavy atom. The summed E-state index contributed by atoms with van der Waals surface area (Å²) < 4.78 is 34.3. The van der Waals surface area contributed by atoms with Gasteiger partial charge >= 0.3 is 0 Å². The maximum absolute atomic E-state index is 5.87. The summed E-state index contributed by atoms with van der Waals surface area (Å²) in [7, 11) is 0. The molecule has 0 aromatic carbocycles. The van der Waals surface area contributed by atoms with Crippen LogP contribution in [0.2, 0.25) is 0 Å². The maximum atomic E-state index is 5.87. The molecule has 0 spiro atoms. The molecule has 6 fully saturated rings. The van der Waals surface area contributed by atoms with E-state index in [0.717, 1.165) is 110 Å². The van der Waals surface area contributed by atoms with Crippen LogP contribution in [0.3, 0.4) is 0 Å². The van der Waals surface area contributed by atoms with Gasteiger partial charge < -0.3 is 28.4 Å². The van der Waals surface area contributed by atoms with Crippen molar-refractivity contribution in [2.45, 2.75) is 331 Å². The highest BCUT2D eigenvalue weighted by molar-refractivity contribution is 4.93. The molecule has 0 aromatic rings. The van der Waals surface area contributed by atoms with E-state index in [1.807, 2.05) is 0 Å². The lowest BCUT2D eigenvalue weighted by Gasteiger charge is -2.38. The van der Waals surface area contributed by atoms with Gasteiger partial charge in [0.05, 0.1) is 49.3 Å². The Labute approximate surface area is 484 Å².